The van der Waals surface area contributed by atoms with Gasteiger partial charge in [-0.2, -0.15) is 0 Å². The van der Waals surface area contributed by atoms with Crippen molar-refractivity contribution in [2.24, 2.45) is 0 Å². The summed E-state index contributed by atoms with van der Waals surface area (Å²) in [5, 5.41) is 0. The fraction of sp³-hybridized carbons (Fsp3) is 0.300. The average Bonchev–Trinajstić information content (AvgIpc) is 2.67. The Balaban J connectivity index is 0.000000386. The van der Waals surface area contributed by atoms with Crippen molar-refractivity contribution in [1.82, 2.24) is 14.8 Å². The maximum atomic E-state index is 4.81. The van der Waals surface area contributed by atoms with Gasteiger partial charge in [-0.15, -0.1) is 0 Å². The number of aromatic nitrogens is 1. The van der Waals surface area contributed by atoms with Crippen LogP contribution in [0, 0.1) is 0 Å². The van der Waals surface area contributed by atoms with E-state index >= 15 is 0 Å². The Morgan fingerprint density at radius 1 is 1.38 bits per heavy atom. The first-order valence-electron chi connectivity index (χ1n) is 4.61. The van der Waals surface area contributed by atoms with Gasteiger partial charge in [-0.1, -0.05) is 6.07 Å². The minimum atomic E-state index is -0.106. The quantitative estimate of drug-likeness (QED) is 0.763. The van der Waals surface area contributed by atoms with Crippen LogP contribution >= 0.6 is 19.1 Å². The molecule has 3 nitrogen and oxygen atoms in total. The third kappa shape index (κ3) is 5.18. The molecule has 0 saturated heterocycles. The molecule has 0 bridgehead atoms. The fourth-order valence-electron chi connectivity index (χ4n) is 1.39. The van der Waals surface area contributed by atoms with Gasteiger partial charge in [-0.05, 0) is 12.1 Å². The van der Waals surface area contributed by atoms with E-state index in [9.17, 15) is 0 Å². The van der Waals surface area contributed by atoms with Crippen LogP contribution in [0.3, 0.4) is 0 Å². The van der Waals surface area contributed by atoms with E-state index < -0.39 is 0 Å². The Morgan fingerprint density at radius 3 is 2.62 bits per heavy atom. The van der Waals surface area contributed by atoms with Crippen LogP contribution in [0.25, 0.3) is 0 Å². The number of hydrogen-bond acceptors (Lipinski definition) is 3. The molecular weight excluding hydrogens is 339 g/mol. The zero-order valence-corrected chi connectivity index (χ0v) is 11.9. The minimum absolute atomic E-state index is 0.106. The van der Waals surface area contributed by atoms with Crippen molar-refractivity contribution in [1.29, 1.82) is 0 Å². The summed E-state index contributed by atoms with van der Waals surface area (Å²) in [6, 6.07) is 6.01. The van der Waals surface area contributed by atoms with E-state index in [0.29, 0.717) is 0 Å². The fourth-order valence-corrected chi connectivity index (χ4v) is 1.39. The van der Waals surface area contributed by atoms with E-state index in [0.717, 1.165) is 18.9 Å². The molecule has 1 aliphatic heterocycles. The van der Waals surface area contributed by atoms with Gasteiger partial charge in [-0.25, -0.2) is 0 Å². The molecule has 0 saturated carbocycles. The maximum absolute atomic E-state index is 4.81. The van der Waals surface area contributed by atoms with Gasteiger partial charge in [0.2, 0.25) is 0 Å². The van der Waals surface area contributed by atoms with Crippen LogP contribution in [0.5, 0.6) is 0 Å². The van der Waals surface area contributed by atoms with Crippen molar-refractivity contribution in [3.8, 4) is 0 Å². The first-order valence-corrected chi connectivity index (χ1v) is 8.61. The summed E-state index contributed by atoms with van der Waals surface area (Å²) in [5.74, 6) is 0. The first-order chi connectivity index (χ1) is 7.76. The van der Waals surface area contributed by atoms with Crippen molar-refractivity contribution < 1.29 is 15.9 Å². The van der Waals surface area contributed by atoms with E-state index in [2.05, 4.69) is 34.2 Å². The SMILES string of the molecule is CN1C=CN(Cc2ccccn2)C1.[Cl][Pd][Cl]. The second-order valence-electron chi connectivity index (χ2n) is 3.31. The van der Waals surface area contributed by atoms with Gasteiger partial charge >= 0.3 is 35.0 Å². The zero-order valence-electron chi connectivity index (χ0n) is 8.79. The molecule has 1 aromatic heterocycles. The average molecular weight is 353 g/mol. The molecule has 2 rings (SSSR count). The molecular formula is C10H13Cl2N3Pd. The summed E-state index contributed by atoms with van der Waals surface area (Å²) in [6.45, 7) is 1.85. The molecule has 16 heavy (non-hydrogen) atoms. The van der Waals surface area contributed by atoms with E-state index in [1.54, 1.807) is 0 Å². The number of nitrogens with zero attached hydrogens (tertiary/aromatic N) is 3. The molecule has 0 fully saturated rings. The number of hydrogen-bond donors (Lipinski definition) is 0. The van der Waals surface area contributed by atoms with Gasteiger partial charge in [0.15, 0.2) is 0 Å². The predicted molar refractivity (Wildman–Crippen MR) is 63.3 cm³/mol. The Hall–Kier alpha value is -0.268. The summed E-state index contributed by atoms with van der Waals surface area (Å²) in [4.78, 5) is 8.64. The van der Waals surface area contributed by atoms with E-state index in [4.69, 9.17) is 19.1 Å². The molecule has 0 N–H and O–H groups in total. The monoisotopic (exact) mass is 351 g/mol. The molecule has 2 heterocycles. The summed E-state index contributed by atoms with van der Waals surface area (Å²) < 4.78 is 0. The molecule has 92 valence electrons. The standard InChI is InChI=1S/C10H13N3.2ClH.Pd/c1-12-6-7-13(9-12)8-10-4-2-3-5-11-10;;;/h2-7H,8-9H2,1H3;2*1H;/q;;;+2/p-2. The van der Waals surface area contributed by atoms with Gasteiger partial charge in [0.25, 0.3) is 0 Å². The van der Waals surface area contributed by atoms with Crippen molar-refractivity contribution in [3.05, 3.63) is 42.5 Å². The molecule has 1 aromatic rings. The Kier molecular flexibility index (Phi) is 6.83. The Bertz CT molecular complexity index is 321. The van der Waals surface area contributed by atoms with Crippen LogP contribution in [0.15, 0.2) is 36.8 Å². The molecule has 6 heteroatoms. The predicted octanol–water partition coefficient (Wildman–Crippen LogP) is 2.63. The summed E-state index contributed by atoms with van der Waals surface area (Å²) in [5.41, 5.74) is 1.11. The third-order valence-electron chi connectivity index (χ3n) is 2.03. The van der Waals surface area contributed by atoms with E-state index in [-0.39, 0.29) is 15.9 Å². The summed E-state index contributed by atoms with van der Waals surface area (Å²) >= 11 is -0.106. The van der Waals surface area contributed by atoms with Crippen LogP contribution in [-0.4, -0.2) is 28.5 Å². The molecule has 0 unspecified atom stereocenters. The van der Waals surface area contributed by atoms with Crippen molar-refractivity contribution >= 4 is 19.1 Å². The van der Waals surface area contributed by atoms with Gasteiger partial charge < -0.3 is 9.80 Å². The topological polar surface area (TPSA) is 19.4 Å². The Labute approximate surface area is 112 Å². The number of pyridine rings is 1. The second-order valence-corrected chi connectivity index (χ2v) is 5.67. The van der Waals surface area contributed by atoms with Crippen LogP contribution < -0.4 is 0 Å². The van der Waals surface area contributed by atoms with Crippen LogP contribution in [-0.2, 0) is 22.5 Å². The molecule has 0 atom stereocenters. The normalized spacial score (nSPS) is 13.9. The van der Waals surface area contributed by atoms with E-state index in [1.165, 1.54) is 0 Å². The third-order valence-corrected chi connectivity index (χ3v) is 2.03. The van der Waals surface area contributed by atoms with Crippen LogP contribution in [0.2, 0.25) is 0 Å². The molecule has 0 spiro atoms. The second kappa shape index (κ2) is 7.92. The number of rotatable bonds is 2. The molecule has 0 aliphatic carbocycles. The molecule has 0 radical (unpaired) electrons. The van der Waals surface area contributed by atoms with Gasteiger partial charge in [-0.3, -0.25) is 4.98 Å². The zero-order chi connectivity index (χ0) is 11.8. The van der Waals surface area contributed by atoms with Crippen molar-refractivity contribution in [2.45, 2.75) is 6.54 Å². The van der Waals surface area contributed by atoms with Crippen molar-refractivity contribution in [2.75, 3.05) is 13.7 Å². The molecule has 0 aromatic carbocycles. The van der Waals surface area contributed by atoms with Gasteiger partial charge in [0, 0.05) is 25.6 Å². The first kappa shape index (κ1) is 13.8. The van der Waals surface area contributed by atoms with Crippen LogP contribution in [0.4, 0.5) is 0 Å². The Morgan fingerprint density at radius 2 is 2.12 bits per heavy atom. The summed E-state index contributed by atoms with van der Waals surface area (Å²) in [7, 11) is 11.7. The molecule has 0 amide bonds. The summed E-state index contributed by atoms with van der Waals surface area (Å²) in [6.07, 6.45) is 6.00. The van der Waals surface area contributed by atoms with Gasteiger partial charge in [0.05, 0.1) is 18.9 Å². The number of halogens is 2. The van der Waals surface area contributed by atoms with Gasteiger partial charge in [0.1, 0.15) is 0 Å². The van der Waals surface area contributed by atoms with Crippen molar-refractivity contribution in [3.63, 3.8) is 0 Å². The molecule has 1 aliphatic rings. The van der Waals surface area contributed by atoms with Crippen LogP contribution in [0.1, 0.15) is 5.69 Å². The van der Waals surface area contributed by atoms with E-state index in [1.807, 2.05) is 24.4 Å².